The molecule has 0 saturated carbocycles. The van der Waals surface area contributed by atoms with E-state index in [1.165, 1.54) is 0 Å². The van der Waals surface area contributed by atoms with Crippen LogP contribution in [0.5, 0.6) is 0 Å². The average molecular weight is 1250 g/mol. The Hall–Kier alpha value is -13.0. The van der Waals surface area contributed by atoms with Gasteiger partial charge in [-0.1, -0.05) is 231 Å². The van der Waals surface area contributed by atoms with Crippen LogP contribution in [0.4, 0.5) is 51.2 Å². The van der Waals surface area contributed by atoms with Crippen molar-refractivity contribution in [2.24, 2.45) is 0 Å². The Bertz CT molecular complexity index is 6050. The largest absolute Gasteiger partial charge is 0.456 e. The van der Waals surface area contributed by atoms with Crippen LogP contribution in [0.25, 0.3) is 132 Å². The van der Waals surface area contributed by atoms with Gasteiger partial charge in [0.1, 0.15) is 33.5 Å². The molecule has 2 aliphatic heterocycles. The lowest BCUT2D eigenvalue weighted by atomic mass is 9.33. The smallest absolute Gasteiger partial charge is 0.252 e. The molecule has 6 heterocycles. The predicted octanol–water partition coefficient (Wildman–Crippen LogP) is 23.5. The van der Waals surface area contributed by atoms with Crippen LogP contribution in [0, 0.1) is 0 Å². The molecule has 0 unspecified atom stereocenters. The molecule has 0 N–H and O–H groups in total. The number of para-hydroxylation sites is 4. The van der Waals surface area contributed by atoms with Gasteiger partial charge in [0, 0.05) is 88.3 Å². The second kappa shape index (κ2) is 21.2. The quantitative estimate of drug-likeness (QED) is 0.133. The number of nitrogens with zero attached hydrogens (tertiary/aromatic N) is 3. The van der Waals surface area contributed by atoms with Crippen LogP contribution in [0.3, 0.4) is 0 Å². The minimum atomic E-state index is -0.407. The van der Waals surface area contributed by atoms with E-state index in [0.717, 1.165) is 200 Å². The molecule has 21 rings (SSSR count). The van der Waals surface area contributed by atoms with E-state index < -0.39 is 6.71 Å². The lowest BCUT2D eigenvalue weighted by molar-refractivity contribution is 0.668. The van der Waals surface area contributed by atoms with Gasteiger partial charge < -0.3 is 32.4 Å². The molecule has 98 heavy (non-hydrogen) atoms. The molecule has 0 saturated heterocycles. The number of benzene rings is 15. The Morgan fingerprint density at radius 2 is 0.571 bits per heavy atom. The van der Waals surface area contributed by atoms with Crippen LogP contribution < -0.4 is 31.1 Å². The van der Waals surface area contributed by atoms with Crippen molar-refractivity contribution < 1.29 is 17.7 Å². The summed E-state index contributed by atoms with van der Waals surface area (Å²) >= 11 is 0. The highest BCUT2D eigenvalue weighted by Gasteiger charge is 2.47. The predicted molar refractivity (Wildman–Crippen MR) is 406 cm³/mol. The van der Waals surface area contributed by atoms with E-state index in [1.54, 1.807) is 0 Å². The van der Waals surface area contributed by atoms with E-state index in [-0.39, 0.29) is 0 Å². The topological polar surface area (TPSA) is 62.3 Å². The van der Waals surface area contributed by atoms with Crippen LogP contribution in [0.2, 0.25) is 0 Å². The Morgan fingerprint density at radius 3 is 0.969 bits per heavy atom. The Labute approximate surface area is 563 Å². The van der Waals surface area contributed by atoms with Gasteiger partial charge in [-0.2, -0.15) is 0 Å². The molecular formula is C90H54BN3O4. The summed E-state index contributed by atoms with van der Waals surface area (Å²) in [6, 6.07) is 118. The SMILES string of the molecule is c1ccc(-c2ccc(N(c3ccc(-c4ccccc4)cc3)c3cc4c5c(c3)N(c3c(-c6ccccc6)ccc6c3oc3ccccc36)c3cc6c(cc3B5c3cc5oc7ccccc7c5cc3N4c3c(-c4ccccc4)ccc4c3oc3ccccc34)oc3ccccc36)cc2)cc1. The maximum atomic E-state index is 7.44. The van der Waals surface area contributed by atoms with E-state index in [4.69, 9.17) is 17.7 Å². The third-order valence-corrected chi connectivity index (χ3v) is 20.4. The number of hydrogen-bond donors (Lipinski definition) is 0. The van der Waals surface area contributed by atoms with Crippen LogP contribution >= 0.6 is 0 Å². The highest BCUT2D eigenvalue weighted by atomic mass is 16.3. The van der Waals surface area contributed by atoms with E-state index >= 15 is 0 Å². The fourth-order valence-electron chi connectivity index (χ4n) is 16.0. The zero-order valence-corrected chi connectivity index (χ0v) is 52.7. The van der Waals surface area contributed by atoms with E-state index in [1.807, 2.05) is 0 Å². The highest BCUT2D eigenvalue weighted by Crippen LogP contribution is 2.56. The molecule has 0 radical (unpaired) electrons. The van der Waals surface area contributed by atoms with Crippen molar-refractivity contribution in [3.8, 4) is 44.5 Å². The minimum Gasteiger partial charge on any atom is -0.456 e. The second-order valence-corrected chi connectivity index (χ2v) is 25.8. The van der Waals surface area contributed by atoms with Crippen molar-refractivity contribution in [1.82, 2.24) is 0 Å². The molecule has 8 heteroatoms. The first-order chi connectivity index (χ1) is 48.6. The van der Waals surface area contributed by atoms with Gasteiger partial charge in [0.25, 0.3) is 6.71 Å². The van der Waals surface area contributed by atoms with E-state index in [2.05, 4.69) is 342 Å². The lowest BCUT2D eigenvalue weighted by Gasteiger charge is -2.45. The average Bonchev–Trinajstić information content (AvgIpc) is 1.05. The summed E-state index contributed by atoms with van der Waals surface area (Å²) in [4.78, 5) is 7.52. The number of anilines is 9. The monoisotopic (exact) mass is 1250 g/mol. The first-order valence-electron chi connectivity index (χ1n) is 33.4. The van der Waals surface area contributed by atoms with Crippen molar-refractivity contribution in [2.45, 2.75) is 0 Å². The third-order valence-electron chi connectivity index (χ3n) is 20.4. The van der Waals surface area contributed by atoms with Crippen molar-refractivity contribution >= 4 is 162 Å². The fraction of sp³-hybridized carbons (Fsp3) is 0. The molecule has 0 aliphatic carbocycles. The van der Waals surface area contributed by atoms with Gasteiger partial charge in [-0.15, -0.1) is 0 Å². The summed E-state index contributed by atoms with van der Waals surface area (Å²) < 4.78 is 29.0. The van der Waals surface area contributed by atoms with Gasteiger partial charge in [0.05, 0.1) is 17.1 Å². The lowest BCUT2D eigenvalue weighted by Crippen LogP contribution is -2.61. The van der Waals surface area contributed by atoms with Crippen molar-refractivity contribution in [3.63, 3.8) is 0 Å². The summed E-state index contributed by atoms with van der Waals surface area (Å²) in [5, 5.41) is 8.19. The number of furan rings is 4. The van der Waals surface area contributed by atoms with Gasteiger partial charge in [0.2, 0.25) is 0 Å². The number of fused-ring (bicyclic) bond motifs is 16. The number of hydrogen-bond acceptors (Lipinski definition) is 7. The van der Waals surface area contributed by atoms with Crippen molar-refractivity contribution in [2.75, 3.05) is 14.7 Å². The van der Waals surface area contributed by atoms with Gasteiger partial charge in [0.15, 0.2) is 11.2 Å². The molecule has 2 aliphatic rings. The molecule has 4 aromatic heterocycles. The number of rotatable bonds is 9. The van der Waals surface area contributed by atoms with Crippen LogP contribution in [0.1, 0.15) is 0 Å². The fourth-order valence-corrected chi connectivity index (χ4v) is 16.0. The van der Waals surface area contributed by atoms with Crippen LogP contribution in [-0.2, 0) is 0 Å². The van der Waals surface area contributed by atoms with Crippen LogP contribution in [0.15, 0.2) is 345 Å². The maximum absolute atomic E-state index is 7.44. The summed E-state index contributed by atoms with van der Waals surface area (Å²) in [5.41, 5.74) is 26.9. The molecule has 0 spiro atoms. The summed E-state index contributed by atoms with van der Waals surface area (Å²) in [5.74, 6) is 0. The normalized spacial score (nSPS) is 12.6. The zero-order valence-electron chi connectivity index (χ0n) is 52.7. The first kappa shape index (κ1) is 54.4. The Morgan fingerprint density at radius 1 is 0.235 bits per heavy atom. The maximum Gasteiger partial charge on any atom is 0.252 e. The van der Waals surface area contributed by atoms with Gasteiger partial charge >= 0.3 is 0 Å². The van der Waals surface area contributed by atoms with Crippen LogP contribution in [-0.4, -0.2) is 6.71 Å². The Balaban J connectivity index is 0.959. The van der Waals surface area contributed by atoms with E-state index in [9.17, 15) is 0 Å². The third kappa shape index (κ3) is 8.18. The molecule has 0 fully saturated rings. The summed E-state index contributed by atoms with van der Waals surface area (Å²) in [6.45, 7) is -0.407. The summed E-state index contributed by atoms with van der Waals surface area (Å²) in [7, 11) is 0. The molecule has 0 atom stereocenters. The Kier molecular flexibility index (Phi) is 11.8. The highest BCUT2D eigenvalue weighted by molar-refractivity contribution is 7.00. The molecule has 7 nitrogen and oxygen atoms in total. The standard InChI is InChI=1S/C90H54BN3O4/c1-5-21-55(22-6-1)57-37-41-61(42-38-57)92(62-43-39-58(40-44-62)56-23-7-2-8-24-56)63-49-78-86-79(50-63)94(88-65(60-27-11-4-12-28-60)46-48-71-67-30-14-20-36-83(67)98-90(71)88)77-52-73-69-32-16-18-34-81(69)96-85(73)54-75(77)91(86)74-53-84-72(68-31-15-17-33-80(68)95-84)51-76(74)93(78)87-64(59-25-9-3-10-26-59)45-47-70-66-29-13-19-35-82(66)97-89(70)87/h1-54H. The van der Waals surface area contributed by atoms with Gasteiger partial charge in [-0.3, -0.25) is 0 Å². The molecule has 15 aromatic carbocycles. The molecule has 0 amide bonds. The molecule has 0 bridgehead atoms. The van der Waals surface area contributed by atoms with E-state index in [0.29, 0.717) is 0 Å². The van der Waals surface area contributed by atoms with Crippen molar-refractivity contribution in [3.05, 3.63) is 328 Å². The molecule has 19 aromatic rings. The second-order valence-electron chi connectivity index (χ2n) is 25.8. The van der Waals surface area contributed by atoms with Gasteiger partial charge in [-0.05, 0) is 147 Å². The molecular weight excluding hydrogens is 1200 g/mol. The first-order valence-corrected chi connectivity index (χ1v) is 33.4. The van der Waals surface area contributed by atoms with Gasteiger partial charge in [-0.25, -0.2) is 0 Å². The zero-order chi connectivity index (χ0) is 64.1. The molecule has 456 valence electrons. The summed E-state index contributed by atoms with van der Waals surface area (Å²) in [6.07, 6.45) is 0. The minimum absolute atomic E-state index is 0.407. The van der Waals surface area contributed by atoms with Crippen molar-refractivity contribution in [1.29, 1.82) is 0 Å².